The predicted molar refractivity (Wildman–Crippen MR) is 75.3 cm³/mol. The first-order valence-electron chi connectivity index (χ1n) is 5.28. The molecule has 0 radical (unpaired) electrons. The molecule has 0 aliphatic rings. The Morgan fingerprint density at radius 1 is 1.00 bits per heavy atom. The van der Waals surface area contributed by atoms with E-state index in [1.165, 1.54) is 0 Å². The maximum absolute atomic E-state index is 12.3. The lowest BCUT2D eigenvalue weighted by molar-refractivity contribution is 1.51. The summed E-state index contributed by atoms with van der Waals surface area (Å²) in [5, 5.41) is 2.20. The lowest BCUT2D eigenvalue weighted by atomic mass is 10.1. The summed E-state index contributed by atoms with van der Waals surface area (Å²) in [6, 6.07) is 11.3. The van der Waals surface area contributed by atoms with E-state index in [1.54, 1.807) is 23.5 Å². The molecule has 1 nitrogen and oxygen atoms in total. The zero-order valence-electron chi connectivity index (χ0n) is 9.16. The minimum atomic E-state index is 0.0883. The van der Waals surface area contributed by atoms with Gasteiger partial charge in [0.25, 0.3) is 0 Å². The molecule has 0 saturated carbocycles. The Balaban J connectivity index is 2.57. The summed E-state index contributed by atoms with van der Waals surface area (Å²) >= 11 is 7.57. The number of halogens is 1. The third-order valence-electron chi connectivity index (χ3n) is 2.79. The van der Waals surface area contributed by atoms with E-state index >= 15 is 0 Å². The SMILES string of the molecule is Cc1ccc2c(=O)c3ccc(Cl)cc3sc2c1. The number of rotatable bonds is 0. The summed E-state index contributed by atoms with van der Waals surface area (Å²) in [4.78, 5) is 12.3. The second kappa shape index (κ2) is 3.83. The number of benzene rings is 2. The minimum Gasteiger partial charge on any atom is -0.289 e. The van der Waals surface area contributed by atoms with Gasteiger partial charge >= 0.3 is 0 Å². The van der Waals surface area contributed by atoms with Gasteiger partial charge in [0, 0.05) is 25.2 Å². The highest BCUT2D eigenvalue weighted by atomic mass is 35.5. The van der Waals surface area contributed by atoms with Crippen LogP contribution in [0.4, 0.5) is 0 Å². The third-order valence-corrected chi connectivity index (χ3v) is 4.14. The van der Waals surface area contributed by atoms with E-state index in [0.717, 1.165) is 25.7 Å². The fourth-order valence-electron chi connectivity index (χ4n) is 1.93. The fraction of sp³-hybridized carbons (Fsp3) is 0.0714. The van der Waals surface area contributed by atoms with Crippen molar-refractivity contribution in [2.75, 3.05) is 0 Å². The Hall–Kier alpha value is -1.38. The van der Waals surface area contributed by atoms with E-state index in [1.807, 2.05) is 31.2 Å². The van der Waals surface area contributed by atoms with E-state index in [0.29, 0.717) is 5.02 Å². The lowest BCUT2D eigenvalue weighted by Crippen LogP contribution is -2.00. The first-order valence-corrected chi connectivity index (χ1v) is 6.47. The van der Waals surface area contributed by atoms with Crippen molar-refractivity contribution in [3.8, 4) is 0 Å². The molecular formula is C14H9ClOS. The molecule has 0 atom stereocenters. The van der Waals surface area contributed by atoms with Crippen molar-refractivity contribution in [1.29, 1.82) is 0 Å². The van der Waals surface area contributed by atoms with Crippen LogP contribution in [0.25, 0.3) is 20.2 Å². The van der Waals surface area contributed by atoms with Crippen molar-refractivity contribution in [3.63, 3.8) is 0 Å². The van der Waals surface area contributed by atoms with Crippen LogP contribution in [0.2, 0.25) is 5.02 Å². The monoisotopic (exact) mass is 260 g/mol. The largest absolute Gasteiger partial charge is 0.289 e. The molecule has 3 heteroatoms. The maximum Gasteiger partial charge on any atom is 0.195 e. The average molecular weight is 261 g/mol. The van der Waals surface area contributed by atoms with Gasteiger partial charge in [-0.25, -0.2) is 0 Å². The summed E-state index contributed by atoms with van der Waals surface area (Å²) in [6.45, 7) is 2.03. The molecule has 0 aliphatic carbocycles. The summed E-state index contributed by atoms with van der Waals surface area (Å²) in [5.41, 5.74) is 1.25. The van der Waals surface area contributed by atoms with Gasteiger partial charge in [-0.3, -0.25) is 4.79 Å². The van der Waals surface area contributed by atoms with Crippen molar-refractivity contribution in [3.05, 3.63) is 57.2 Å². The van der Waals surface area contributed by atoms with Gasteiger partial charge in [0.15, 0.2) is 5.43 Å². The van der Waals surface area contributed by atoms with Crippen LogP contribution in [0.3, 0.4) is 0 Å². The normalized spacial score (nSPS) is 11.2. The van der Waals surface area contributed by atoms with Gasteiger partial charge in [-0.05, 0) is 42.8 Å². The first-order chi connectivity index (χ1) is 8.15. The topological polar surface area (TPSA) is 17.1 Å². The Kier molecular flexibility index (Phi) is 2.42. The van der Waals surface area contributed by atoms with Crippen molar-refractivity contribution < 1.29 is 0 Å². The molecule has 0 unspecified atom stereocenters. The highest BCUT2D eigenvalue weighted by Crippen LogP contribution is 2.27. The Labute approximate surface area is 107 Å². The zero-order chi connectivity index (χ0) is 12.0. The summed E-state index contributed by atoms with van der Waals surface area (Å²) in [5.74, 6) is 0. The van der Waals surface area contributed by atoms with Crippen molar-refractivity contribution in [1.82, 2.24) is 0 Å². The van der Waals surface area contributed by atoms with Crippen LogP contribution in [-0.2, 0) is 0 Å². The zero-order valence-corrected chi connectivity index (χ0v) is 10.7. The third kappa shape index (κ3) is 1.74. The molecule has 0 bridgehead atoms. The smallest absolute Gasteiger partial charge is 0.195 e. The summed E-state index contributed by atoms with van der Waals surface area (Å²) in [7, 11) is 0. The van der Waals surface area contributed by atoms with Gasteiger partial charge in [-0.15, -0.1) is 11.3 Å². The second-order valence-corrected chi connectivity index (χ2v) is 5.59. The van der Waals surface area contributed by atoms with Gasteiger partial charge in [0.05, 0.1) is 0 Å². The summed E-state index contributed by atoms with van der Waals surface area (Å²) < 4.78 is 1.96. The summed E-state index contributed by atoms with van der Waals surface area (Å²) in [6.07, 6.45) is 0. The highest BCUT2D eigenvalue weighted by Gasteiger charge is 2.06. The molecular weight excluding hydrogens is 252 g/mol. The van der Waals surface area contributed by atoms with Crippen molar-refractivity contribution in [2.45, 2.75) is 6.92 Å². The molecule has 0 N–H and O–H groups in total. The standard InChI is InChI=1S/C14H9ClOS/c1-8-2-4-10-12(6-8)17-13-7-9(15)3-5-11(13)14(10)16/h2-7H,1H3. The average Bonchev–Trinajstić information content (AvgIpc) is 2.28. The van der Waals surface area contributed by atoms with Crippen molar-refractivity contribution in [2.24, 2.45) is 0 Å². The molecule has 0 amide bonds. The quantitative estimate of drug-likeness (QED) is 0.549. The van der Waals surface area contributed by atoms with Gasteiger partial charge in [-0.1, -0.05) is 17.7 Å². The fourth-order valence-corrected chi connectivity index (χ4v) is 3.38. The Morgan fingerprint density at radius 2 is 1.65 bits per heavy atom. The van der Waals surface area contributed by atoms with Crippen LogP contribution in [0, 0.1) is 6.92 Å². The van der Waals surface area contributed by atoms with E-state index in [9.17, 15) is 4.79 Å². The first kappa shape index (κ1) is 10.8. The van der Waals surface area contributed by atoms with Gasteiger partial charge in [0.1, 0.15) is 0 Å². The molecule has 0 spiro atoms. The molecule has 0 saturated heterocycles. The molecule has 3 aromatic rings. The van der Waals surface area contributed by atoms with E-state index in [2.05, 4.69) is 0 Å². The van der Waals surface area contributed by atoms with E-state index < -0.39 is 0 Å². The Bertz CT molecular complexity index is 726. The van der Waals surface area contributed by atoms with Crippen LogP contribution in [0.1, 0.15) is 5.56 Å². The second-order valence-electron chi connectivity index (χ2n) is 4.07. The lowest BCUT2D eigenvalue weighted by Gasteiger charge is -2.02. The number of aryl methyl sites for hydroxylation is 1. The van der Waals surface area contributed by atoms with E-state index in [-0.39, 0.29) is 5.43 Å². The molecule has 84 valence electrons. The van der Waals surface area contributed by atoms with Crippen molar-refractivity contribution >= 4 is 43.1 Å². The molecule has 0 aliphatic heterocycles. The predicted octanol–water partition coefficient (Wildman–Crippen LogP) is 4.38. The number of fused-ring (bicyclic) bond motifs is 2. The van der Waals surface area contributed by atoms with Gasteiger partial charge in [-0.2, -0.15) is 0 Å². The van der Waals surface area contributed by atoms with E-state index in [4.69, 9.17) is 11.6 Å². The number of hydrogen-bond acceptors (Lipinski definition) is 2. The minimum absolute atomic E-state index is 0.0883. The van der Waals surface area contributed by atoms with Crippen LogP contribution < -0.4 is 5.43 Å². The molecule has 2 aromatic carbocycles. The van der Waals surface area contributed by atoms with Crippen LogP contribution in [0.15, 0.2) is 41.2 Å². The Morgan fingerprint density at radius 3 is 2.41 bits per heavy atom. The number of hydrogen-bond donors (Lipinski definition) is 0. The maximum atomic E-state index is 12.3. The molecule has 3 rings (SSSR count). The van der Waals surface area contributed by atoms with Crippen LogP contribution in [0.5, 0.6) is 0 Å². The molecule has 0 fully saturated rings. The molecule has 17 heavy (non-hydrogen) atoms. The van der Waals surface area contributed by atoms with Gasteiger partial charge < -0.3 is 0 Å². The molecule has 1 aromatic heterocycles. The van der Waals surface area contributed by atoms with Crippen LogP contribution >= 0.6 is 22.9 Å². The van der Waals surface area contributed by atoms with Crippen LogP contribution in [-0.4, -0.2) is 0 Å². The highest BCUT2D eigenvalue weighted by molar-refractivity contribution is 7.24. The molecule has 1 heterocycles. The van der Waals surface area contributed by atoms with Gasteiger partial charge in [0.2, 0.25) is 0 Å².